The Kier molecular flexibility index (Phi) is 4.15. The lowest BCUT2D eigenvalue weighted by Gasteiger charge is -2.43. The number of aliphatic hydroxyl groups excluding tert-OH is 1. The van der Waals surface area contributed by atoms with Crippen LogP contribution in [0.25, 0.3) is 0 Å². The number of benzene rings is 1. The molecule has 21 heavy (non-hydrogen) atoms. The van der Waals surface area contributed by atoms with Crippen LogP contribution in [0.1, 0.15) is 31.2 Å². The number of urea groups is 1. The van der Waals surface area contributed by atoms with E-state index in [0.29, 0.717) is 6.54 Å². The van der Waals surface area contributed by atoms with Crippen LogP contribution in [0.3, 0.4) is 0 Å². The highest BCUT2D eigenvalue weighted by molar-refractivity contribution is 5.74. The standard InChI is InChI=1S/C17H24N2O2/c20-12-14-7-10-19(11-14)16(21)18-13-17(8-4-9-17)15-5-2-1-3-6-15/h1-3,5-6,14,20H,4,7-13H2,(H,18,21). The largest absolute Gasteiger partial charge is 0.396 e. The zero-order chi connectivity index (χ0) is 14.7. The van der Waals surface area contributed by atoms with Gasteiger partial charge in [-0.25, -0.2) is 4.79 Å². The van der Waals surface area contributed by atoms with E-state index < -0.39 is 0 Å². The molecule has 2 aliphatic rings. The highest BCUT2D eigenvalue weighted by Gasteiger charge is 2.39. The van der Waals surface area contributed by atoms with Gasteiger partial charge in [-0.3, -0.25) is 0 Å². The Balaban J connectivity index is 1.58. The molecule has 2 fully saturated rings. The summed E-state index contributed by atoms with van der Waals surface area (Å²) in [5.74, 6) is 0.252. The number of aliphatic hydroxyl groups is 1. The van der Waals surface area contributed by atoms with Crippen LogP contribution in [0, 0.1) is 5.92 Å². The zero-order valence-electron chi connectivity index (χ0n) is 12.4. The second kappa shape index (κ2) is 6.06. The van der Waals surface area contributed by atoms with E-state index in [1.54, 1.807) is 0 Å². The number of carbonyl (C=O) groups excluding carboxylic acids is 1. The monoisotopic (exact) mass is 288 g/mol. The summed E-state index contributed by atoms with van der Waals surface area (Å²) < 4.78 is 0. The van der Waals surface area contributed by atoms with Gasteiger partial charge in [-0.05, 0) is 24.8 Å². The molecule has 1 unspecified atom stereocenters. The summed E-state index contributed by atoms with van der Waals surface area (Å²) in [5.41, 5.74) is 1.47. The highest BCUT2D eigenvalue weighted by Crippen LogP contribution is 2.43. The molecule has 1 aromatic carbocycles. The van der Waals surface area contributed by atoms with Crippen molar-refractivity contribution in [2.24, 2.45) is 5.92 Å². The fraction of sp³-hybridized carbons (Fsp3) is 0.588. The molecule has 3 rings (SSSR count). The van der Waals surface area contributed by atoms with E-state index in [4.69, 9.17) is 5.11 Å². The van der Waals surface area contributed by atoms with E-state index in [9.17, 15) is 4.79 Å². The van der Waals surface area contributed by atoms with Crippen LogP contribution in [0.15, 0.2) is 30.3 Å². The van der Waals surface area contributed by atoms with Gasteiger partial charge in [-0.2, -0.15) is 0 Å². The summed E-state index contributed by atoms with van der Waals surface area (Å²) >= 11 is 0. The summed E-state index contributed by atoms with van der Waals surface area (Å²) in [6, 6.07) is 10.5. The Morgan fingerprint density at radius 2 is 2.10 bits per heavy atom. The predicted molar refractivity (Wildman–Crippen MR) is 82.1 cm³/mol. The first kappa shape index (κ1) is 14.4. The molecule has 0 aromatic heterocycles. The van der Waals surface area contributed by atoms with Gasteiger partial charge in [-0.15, -0.1) is 0 Å². The average molecular weight is 288 g/mol. The van der Waals surface area contributed by atoms with Gasteiger partial charge >= 0.3 is 6.03 Å². The Bertz CT molecular complexity index is 485. The average Bonchev–Trinajstić information content (AvgIpc) is 2.96. The fourth-order valence-corrected chi connectivity index (χ4v) is 3.49. The molecular weight excluding hydrogens is 264 g/mol. The van der Waals surface area contributed by atoms with Crippen molar-refractivity contribution in [3.05, 3.63) is 35.9 Å². The molecule has 1 saturated heterocycles. The first-order valence-electron chi connectivity index (χ1n) is 7.93. The molecule has 0 bridgehead atoms. The highest BCUT2D eigenvalue weighted by atomic mass is 16.3. The van der Waals surface area contributed by atoms with E-state index in [1.165, 1.54) is 12.0 Å². The first-order chi connectivity index (χ1) is 10.2. The summed E-state index contributed by atoms with van der Waals surface area (Å²) in [7, 11) is 0. The Morgan fingerprint density at radius 1 is 1.33 bits per heavy atom. The molecule has 114 valence electrons. The van der Waals surface area contributed by atoms with Crippen molar-refractivity contribution in [3.63, 3.8) is 0 Å². The van der Waals surface area contributed by atoms with E-state index in [1.807, 2.05) is 11.0 Å². The van der Waals surface area contributed by atoms with Crippen LogP contribution in [0.4, 0.5) is 4.79 Å². The quantitative estimate of drug-likeness (QED) is 0.892. The van der Waals surface area contributed by atoms with Gasteiger partial charge in [-0.1, -0.05) is 36.8 Å². The number of likely N-dealkylation sites (tertiary alicyclic amines) is 1. The number of amides is 2. The van der Waals surface area contributed by atoms with Crippen LogP contribution in [0.2, 0.25) is 0 Å². The van der Waals surface area contributed by atoms with Crippen molar-refractivity contribution < 1.29 is 9.90 Å². The van der Waals surface area contributed by atoms with E-state index >= 15 is 0 Å². The molecule has 1 saturated carbocycles. The molecule has 2 N–H and O–H groups in total. The van der Waals surface area contributed by atoms with Crippen LogP contribution in [0.5, 0.6) is 0 Å². The molecule has 4 nitrogen and oxygen atoms in total. The maximum Gasteiger partial charge on any atom is 0.317 e. The third-order valence-electron chi connectivity index (χ3n) is 5.11. The Hall–Kier alpha value is -1.55. The second-order valence-electron chi connectivity index (χ2n) is 6.44. The van der Waals surface area contributed by atoms with E-state index in [-0.39, 0.29) is 24.0 Å². The van der Waals surface area contributed by atoms with Gasteiger partial charge < -0.3 is 15.3 Å². The maximum atomic E-state index is 12.3. The minimum absolute atomic E-state index is 0.0214. The van der Waals surface area contributed by atoms with Crippen molar-refractivity contribution in [2.75, 3.05) is 26.2 Å². The summed E-state index contributed by atoms with van der Waals surface area (Å²) in [4.78, 5) is 14.1. The number of nitrogens with one attached hydrogen (secondary N) is 1. The molecular formula is C17H24N2O2. The number of hydrogen-bond donors (Lipinski definition) is 2. The van der Waals surface area contributed by atoms with Gasteiger partial charge in [0.2, 0.25) is 0 Å². The van der Waals surface area contributed by atoms with Crippen molar-refractivity contribution in [3.8, 4) is 0 Å². The third-order valence-corrected chi connectivity index (χ3v) is 5.11. The lowest BCUT2D eigenvalue weighted by molar-refractivity contribution is 0.185. The Labute approximate surface area is 126 Å². The van der Waals surface area contributed by atoms with Gasteiger partial charge in [0.25, 0.3) is 0 Å². The molecule has 1 aromatic rings. The van der Waals surface area contributed by atoms with Crippen molar-refractivity contribution >= 4 is 6.03 Å². The van der Waals surface area contributed by atoms with E-state index in [2.05, 4.69) is 29.6 Å². The summed E-state index contributed by atoms with van der Waals surface area (Å²) in [6.07, 6.45) is 4.45. The molecule has 1 aliphatic heterocycles. The predicted octanol–water partition coefficient (Wildman–Crippen LogP) is 2.13. The van der Waals surface area contributed by atoms with Crippen LogP contribution in [-0.2, 0) is 5.41 Å². The lowest BCUT2D eigenvalue weighted by Crippen LogP contribution is -2.49. The van der Waals surface area contributed by atoms with Crippen molar-refractivity contribution in [1.29, 1.82) is 0 Å². The van der Waals surface area contributed by atoms with Crippen LogP contribution in [-0.4, -0.2) is 42.3 Å². The fourth-order valence-electron chi connectivity index (χ4n) is 3.49. The minimum Gasteiger partial charge on any atom is -0.396 e. The van der Waals surface area contributed by atoms with Crippen molar-refractivity contribution in [1.82, 2.24) is 10.2 Å². The smallest absolute Gasteiger partial charge is 0.317 e. The van der Waals surface area contributed by atoms with Gasteiger partial charge in [0.15, 0.2) is 0 Å². The maximum absolute atomic E-state index is 12.3. The van der Waals surface area contributed by atoms with Crippen LogP contribution < -0.4 is 5.32 Å². The molecule has 1 aliphatic carbocycles. The molecule has 0 spiro atoms. The minimum atomic E-state index is 0.0214. The van der Waals surface area contributed by atoms with Gasteiger partial charge in [0.05, 0.1) is 0 Å². The number of hydrogen-bond acceptors (Lipinski definition) is 2. The SMILES string of the molecule is O=C(NCC1(c2ccccc2)CCC1)N1CCC(CO)C1. The van der Waals surface area contributed by atoms with E-state index in [0.717, 1.165) is 32.4 Å². The molecule has 4 heteroatoms. The lowest BCUT2D eigenvalue weighted by atomic mass is 9.64. The normalized spacial score (nSPS) is 23.7. The third kappa shape index (κ3) is 2.91. The molecule has 1 atom stereocenters. The van der Waals surface area contributed by atoms with Gasteiger partial charge in [0.1, 0.15) is 0 Å². The number of rotatable bonds is 4. The van der Waals surface area contributed by atoms with Crippen molar-refractivity contribution in [2.45, 2.75) is 31.1 Å². The van der Waals surface area contributed by atoms with Gasteiger partial charge in [0, 0.05) is 37.6 Å². The first-order valence-corrected chi connectivity index (χ1v) is 7.93. The molecule has 2 amide bonds. The number of nitrogens with zero attached hydrogens (tertiary/aromatic N) is 1. The summed E-state index contributed by atoms with van der Waals surface area (Å²) in [6.45, 7) is 2.34. The number of carbonyl (C=O) groups is 1. The Morgan fingerprint density at radius 3 is 2.67 bits per heavy atom. The molecule has 1 heterocycles. The van der Waals surface area contributed by atoms with Crippen LogP contribution >= 0.6 is 0 Å². The second-order valence-corrected chi connectivity index (χ2v) is 6.44. The topological polar surface area (TPSA) is 52.6 Å². The zero-order valence-corrected chi connectivity index (χ0v) is 12.4. The summed E-state index contributed by atoms with van der Waals surface area (Å²) in [5, 5.41) is 12.3. The molecule has 0 radical (unpaired) electrons.